The molecule has 24 heavy (non-hydrogen) atoms. The van der Waals surface area contributed by atoms with Gasteiger partial charge in [0.25, 0.3) is 0 Å². The lowest BCUT2D eigenvalue weighted by atomic mass is 9.45. The number of Topliss-reactive ketones (excluding diaryl/α,β-unsaturated/α-hetero) is 1. The van der Waals surface area contributed by atoms with Gasteiger partial charge in [0, 0.05) is 17.9 Å². The molecule has 4 fully saturated rings. The van der Waals surface area contributed by atoms with E-state index in [1.54, 1.807) is 0 Å². The summed E-state index contributed by atoms with van der Waals surface area (Å²) in [7, 11) is 1.89. The number of hydrogen-bond donors (Lipinski definition) is 0. The maximum atomic E-state index is 13.1. The fourth-order valence-corrected chi connectivity index (χ4v) is 7.83. The van der Waals surface area contributed by atoms with E-state index in [1.165, 1.54) is 38.5 Å². The molecule has 4 aliphatic carbocycles. The van der Waals surface area contributed by atoms with Crippen molar-refractivity contribution in [1.82, 2.24) is 0 Å². The van der Waals surface area contributed by atoms with Crippen molar-refractivity contribution in [3.8, 4) is 0 Å². The van der Waals surface area contributed by atoms with E-state index in [0.29, 0.717) is 23.2 Å². The lowest BCUT2D eigenvalue weighted by Crippen LogP contribution is -2.54. The molecule has 2 nitrogen and oxygen atoms in total. The van der Waals surface area contributed by atoms with Gasteiger partial charge in [0.2, 0.25) is 0 Å². The topological polar surface area (TPSA) is 26.3 Å². The van der Waals surface area contributed by atoms with Gasteiger partial charge in [0.05, 0.1) is 6.10 Å². The first-order valence-electron chi connectivity index (χ1n) is 10.3. The fraction of sp³-hybridized carbons (Fsp3) is 0.955. The molecule has 4 aliphatic rings. The van der Waals surface area contributed by atoms with E-state index in [9.17, 15) is 4.79 Å². The van der Waals surface area contributed by atoms with Crippen LogP contribution >= 0.6 is 0 Å². The number of ether oxygens (including phenoxy) is 1. The van der Waals surface area contributed by atoms with Gasteiger partial charge >= 0.3 is 0 Å². The van der Waals surface area contributed by atoms with E-state index in [2.05, 4.69) is 27.7 Å². The van der Waals surface area contributed by atoms with Gasteiger partial charge in [-0.25, -0.2) is 0 Å². The van der Waals surface area contributed by atoms with Crippen LogP contribution in [0, 0.1) is 39.9 Å². The molecule has 0 heterocycles. The molecule has 0 amide bonds. The third kappa shape index (κ3) is 2.14. The molecule has 0 N–H and O–H groups in total. The van der Waals surface area contributed by atoms with Crippen molar-refractivity contribution in [3.63, 3.8) is 0 Å². The Morgan fingerprint density at radius 2 is 1.71 bits per heavy atom. The van der Waals surface area contributed by atoms with Crippen LogP contribution in [0.5, 0.6) is 0 Å². The van der Waals surface area contributed by atoms with E-state index in [-0.39, 0.29) is 10.8 Å². The van der Waals surface area contributed by atoms with Gasteiger partial charge < -0.3 is 4.74 Å². The second-order valence-corrected chi connectivity index (χ2v) is 10.7. The van der Waals surface area contributed by atoms with E-state index < -0.39 is 0 Å². The Bertz CT molecular complexity index is 538. The normalized spacial score (nSPS) is 53.2. The maximum Gasteiger partial charge on any atom is 0.144 e. The lowest BCUT2D eigenvalue weighted by Gasteiger charge is -2.60. The summed E-state index contributed by atoms with van der Waals surface area (Å²) >= 11 is 0. The Labute approximate surface area is 148 Å². The standard InChI is InChI=1S/C22H36O2/c1-20(2)13-18-16-7-6-14-12-15(24-5)8-10-21(14,3)17(16)9-11-22(18,4)19(20)23/h14-18H,6-13H2,1-5H3/t14-,15-,16+,17-,18-,21-,22-/m0/s1. The fourth-order valence-electron chi connectivity index (χ4n) is 7.83. The molecule has 0 aliphatic heterocycles. The minimum absolute atomic E-state index is 0.0302. The van der Waals surface area contributed by atoms with E-state index in [1.807, 2.05) is 7.11 Å². The zero-order valence-corrected chi connectivity index (χ0v) is 16.4. The van der Waals surface area contributed by atoms with Crippen LogP contribution in [0.2, 0.25) is 0 Å². The molecular formula is C22H36O2. The first-order valence-corrected chi connectivity index (χ1v) is 10.3. The largest absolute Gasteiger partial charge is 0.381 e. The molecule has 4 saturated carbocycles. The summed E-state index contributed by atoms with van der Waals surface area (Å²) in [6.45, 7) is 9.29. The van der Waals surface area contributed by atoms with Crippen LogP contribution < -0.4 is 0 Å². The number of ketones is 1. The smallest absolute Gasteiger partial charge is 0.144 e. The molecule has 2 heteroatoms. The van der Waals surface area contributed by atoms with Crippen LogP contribution in [-0.4, -0.2) is 19.0 Å². The third-order valence-corrected chi connectivity index (χ3v) is 9.20. The minimum atomic E-state index is -0.0974. The van der Waals surface area contributed by atoms with Gasteiger partial charge in [-0.3, -0.25) is 4.79 Å². The monoisotopic (exact) mass is 332 g/mol. The second kappa shape index (κ2) is 5.32. The number of rotatable bonds is 1. The van der Waals surface area contributed by atoms with Crippen LogP contribution in [0.15, 0.2) is 0 Å². The van der Waals surface area contributed by atoms with Crippen molar-refractivity contribution in [2.75, 3.05) is 7.11 Å². The van der Waals surface area contributed by atoms with Crippen LogP contribution in [0.4, 0.5) is 0 Å². The van der Waals surface area contributed by atoms with Crippen molar-refractivity contribution in [1.29, 1.82) is 0 Å². The summed E-state index contributed by atoms with van der Waals surface area (Å²) in [5, 5.41) is 0. The van der Waals surface area contributed by atoms with E-state index >= 15 is 0 Å². The quantitative estimate of drug-likeness (QED) is 0.655. The van der Waals surface area contributed by atoms with Crippen molar-refractivity contribution in [3.05, 3.63) is 0 Å². The summed E-state index contributed by atoms with van der Waals surface area (Å²) in [5.41, 5.74) is 0.367. The number of hydrogen-bond acceptors (Lipinski definition) is 2. The van der Waals surface area contributed by atoms with Crippen molar-refractivity contribution in [2.24, 2.45) is 39.9 Å². The summed E-state index contributed by atoms with van der Waals surface area (Å²) in [4.78, 5) is 13.1. The Hall–Kier alpha value is -0.370. The third-order valence-electron chi connectivity index (χ3n) is 9.20. The Morgan fingerprint density at radius 3 is 2.42 bits per heavy atom. The van der Waals surface area contributed by atoms with Gasteiger partial charge in [-0.1, -0.05) is 27.7 Å². The first kappa shape index (κ1) is 17.1. The molecule has 0 saturated heterocycles. The van der Waals surface area contributed by atoms with Crippen LogP contribution in [-0.2, 0) is 9.53 Å². The highest BCUT2D eigenvalue weighted by Crippen LogP contribution is 2.67. The molecule has 0 spiro atoms. The predicted molar refractivity (Wildman–Crippen MR) is 96.7 cm³/mol. The van der Waals surface area contributed by atoms with Crippen molar-refractivity contribution < 1.29 is 9.53 Å². The molecule has 4 rings (SSSR count). The molecule has 0 bridgehead atoms. The summed E-state index contributed by atoms with van der Waals surface area (Å²) < 4.78 is 5.70. The highest BCUT2D eigenvalue weighted by atomic mass is 16.5. The van der Waals surface area contributed by atoms with Crippen LogP contribution in [0.1, 0.15) is 79.1 Å². The van der Waals surface area contributed by atoms with Gasteiger partial charge in [-0.05, 0) is 80.5 Å². The minimum Gasteiger partial charge on any atom is -0.381 e. The van der Waals surface area contributed by atoms with Crippen molar-refractivity contribution >= 4 is 5.78 Å². The first-order chi connectivity index (χ1) is 11.2. The van der Waals surface area contributed by atoms with Crippen molar-refractivity contribution in [2.45, 2.75) is 85.2 Å². The van der Waals surface area contributed by atoms with Gasteiger partial charge in [-0.2, -0.15) is 0 Å². The molecule has 7 atom stereocenters. The molecule has 0 aromatic carbocycles. The Morgan fingerprint density at radius 1 is 0.958 bits per heavy atom. The zero-order chi connectivity index (χ0) is 17.3. The number of carbonyl (C=O) groups excluding carboxylic acids is 1. The average Bonchev–Trinajstić information content (AvgIpc) is 2.73. The molecule has 0 aromatic rings. The van der Waals surface area contributed by atoms with Crippen LogP contribution in [0.25, 0.3) is 0 Å². The SMILES string of the molecule is CO[C@H]1CC[C@@]2(C)[C@@H](CC[C@@H]3[C@@H]2CC[C@]2(C)C(=O)C(C)(C)C[C@@H]32)C1. The number of carbonyl (C=O) groups is 1. The predicted octanol–water partition coefficient (Wildman–Crippen LogP) is 5.25. The maximum absolute atomic E-state index is 13.1. The van der Waals surface area contributed by atoms with E-state index in [4.69, 9.17) is 4.74 Å². The van der Waals surface area contributed by atoms with E-state index in [0.717, 1.165) is 30.6 Å². The second-order valence-electron chi connectivity index (χ2n) is 10.7. The summed E-state index contributed by atoms with van der Waals surface area (Å²) in [6.07, 6.45) is 10.6. The molecule has 136 valence electrons. The van der Waals surface area contributed by atoms with Gasteiger partial charge in [0.15, 0.2) is 0 Å². The number of fused-ring (bicyclic) bond motifs is 5. The van der Waals surface area contributed by atoms with Gasteiger partial charge in [0.1, 0.15) is 5.78 Å². The van der Waals surface area contributed by atoms with Crippen LogP contribution in [0.3, 0.4) is 0 Å². The average molecular weight is 333 g/mol. The highest BCUT2D eigenvalue weighted by molar-refractivity contribution is 5.92. The number of methoxy groups -OCH3 is 1. The summed E-state index contributed by atoms with van der Waals surface area (Å²) in [6, 6.07) is 0. The zero-order valence-electron chi connectivity index (χ0n) is 16.4. The lowest BCUT2D eigenvalue weighted by molar-refractivity contribution is -0.145. The Kier molecular flexibility index (Phi) is 3.78. The molecular weight excluding hydrogens is 296 g/mol. The molecule has 0 radical (unpaired) electrons. The molecule has 0 aromatic heterocycles. The highest BCUT2D eigenvalue weighted by Gasteiger charge is 2.64. The molecule has 0 unspecified atom stereocenters. The summed E-state index contributed by atoms with van der Waals surface area (Å²) in [5.74, 6) is 3.67. The van der Waals surface area contributed by atoms with Gasteiger partial charge in [-0.15, -0.1) is 0 Å². The Balaban J connectivity index is 1.63.